The van der Waals surface area contributed by atoms with Crippen LogP contribution in [0, 0.1) is 6.92 Å². The smallest absolute Gasteiger partial charge is 0.294 e. The van der Waals surface area contributed by atoms with E-state index in [1.807, 2.05) is 30.3 Å². The molecule has 0 fully saturated rings. The number of H-pyrrole nitrogens is 1. The lowest BCUT2D eigenvalue weighted by Gasteiger charge is -2.09. The van der Waals surface area contributed by atoms with Gasteiger partial charge in [-0.1, -0.05) is 30.3 Å². The molecule has 0 saturated heterocycles. The molecule has 1 aromatic heterocycles. The summed E-state index contributed by atoms with van der Waals surface area (Å²) < 4.78 is 31.5. The fourth-order valence-corrected chi connectivity index (χ4v) is 2.92. The van der Waals surface area contributed by atoms with Crippen molar-refractivity contribution in [3.8, 4) is 11.3 Å². The molecule has 0 bridgehead atoms. The second kappa shape index (κ2) is 5.08. The van der Waals surface area contributed by atoms with E-state index < -0.39 is 10.1 Å². The highest BCUT2D eigenvalue weighted by Crippen LogP contribution is 2.23. The molecule has 0 radical (unpaired) electrons. The van der Waals surface area contributed by atoms with Crippen LogP contribution >= 0.6 is 0 Å². The largest absolute Gasteiger partial charge is 0.354 e. The van der Waals surface area contributed by atoms with Gasteiger partial charge in [0.25, 0.3) is 10.1 Å². The maximum atomic E-state index is 12.5. The zero-order valence-corrected chi connectivity index (χ0v) is 12.5. The Bertz CT molecular complexity index is 1020. The van der Waals surface area contributed by atoms with Crippen molar-refractivity contribution in [1.82, 2.24) is 4.98 Å². The van der Waals surface area contributed by atoms with Crippen LogP contribution in [0.25, 0.3) is 22.2 Å². The van der Waals surface area contributed by atoms with Gasteiger partial charge < -0.3 is 4.98 Å². The minimum atomic E-state index is -4.34. The van der Waals surface area contributed by atoms with E-state index in [-0.39, 0.29) is 15.7 Å². The van der Waals surface area contributed by atoms with Crippen LogP contribution < -0.4 is 5.43 Å². The minimum Gasteiger partial charge on any atom is -0.354 e. The van der Waals surface area contributed by atoms with Gasteiger partial charge in [0, 0.05) is 16.5 Å². The van der Waals surface area contributed by atoms with Crippen LogP contribution in [-0.2, 0) is 10.1 Å². The third-order valence-electron chi connectivity index (χ3n) is 3.57. The van der Waals surface area contributed by atoms with Gasteiger partial charge in [-0.05, 0) is 30.7 Å². The standard InChI is InChI=1S/C16H13NO4S/c1-10-15(11-5-3-2-4-6-11)17-14-8-7-12(22(19,20)21)9-13(14)16(10)18/h2-9H,1H3,(H,17,18)(H,19,20,21). The van der Waals surface area contributed by atoms with Crippen LogP contribution in [0.15, 0.2) is 58.2 Å². The molecule has 5 nitrogen and oxygen atoms in total. The monoisotopic (exact) mass is 315 g/mol. The fourth-order valence-electron chi connectivity index (χ4n) is 2.42. The van der Waals surface area contributed by atoms with E-state index in [0.717, 1.165) is 5.56 Å². The SMILES string of the molecule is Cc1c(-c2ccccc2)[nH]c2ccc(S(=O)(=O)O)cc2c1=O. The number of rotatable bonds is 2. The molecule has 2 N–H and O–H groups in total. The molecule has 2 aromatic carbocycles. The molecule has 0 spiro atoms. The number of hydrogen-bond donors (Lipinski definition) is 2. The Morgan fingerprint density at radius 1 is 1.05 bits per heavy atom. The number of aromatic nitrogens is 1. The minimum absolute atomic E-state index is 0.229. The highest BCUT2D eigenvalue weighted by Gasteiger charge is 2.14. The molecule has 0 saturated carbocycles. The molecule has 22 heavy (non-hydrogen) atoms. The van der Waals surface area contributed by atoms with Gasteiger partial charge in [-0.2, -0.15) is 8.42 Å². The maximum absolute atomic E-state index is 12.5. The molecule has 3 rings (SSSR count). The number of pyridine rings is 1. The third-order valence-corrected chi connectivity index (χ3v) is 4.42. The molecule has 0 aliphatic heterocycles. The quantitative estimate of drug-likeness (QED) is 0.712. The van der Waals surface area contributed by atoms with Crippen molar-refractivity contribution >= 4 is 21.0 Å². The Morgan fingerprint density at radius 3 is 2.36 bits per heavy atom. The first kappa shape index (κ1) is 14.5. The highest BCUT2D eigenvalue weighted by molar-refractivity contribution is 7.85. The first-order chi connectivity index (χ1) is 10.4. The number of aromatic amines is 1. The molecule has 1 heterocycles. The summed E-state index contributed by atoms with van der Waals surface area (Å²) in [5.41, 5.74) is 2.31. The van der Waals surface area contributed by atoms with Crippen LogP contribution in [0.5, 0.6) is 0 Å². The van der Waals surface area contributed by atoms with E-state index in [9.17, 15) is 13.2 Å². The second-order valence-electron chi connectivity index (χ2n) is 5.00. The number of benzene rings is 2. The van der Waals surface area contributed by atoms with Gasteiger partial charge >= 0.3 is 0 Å². The summed E-state index contributed by atoms with van der Waals surface area (Å²) >= 11 is 0. The van der Waals surface area contributed by atoms with E-state index in [4.69, 9.17) is 4.55 Å². The van der Waals surface area contributed by atoms with Gasteiger partial charge in [-0.15, -0.1) is 0 Å². The summed E-state index contributed by atoms with van der Waals surface area (Å²) in [5, 5.41) is 0.229. The highest BCUT2D eigenvalue weighted by atomic mass is 32.2. The van der Waals surface area contributed by atoms with Crippen LogP contribution in [0.2, 0.25) is 0 Å². The van der Waals surface area contributed by atoms with Gasteiger partial charge in [-0.25, -0.2) is 0 Å². The van der Waals surface area contributed by atoms with Crippen LogP contribution in [-0.4, -0.2) is 18.0 Å². The van der Waals surface area contributed by atoms with Gasteiger partial charge in [0.15, 0.2) is 5.43 Å². The van der Waals surface area contributed by atoms with Gasteiger partial charge in [-0.3, -0.25) is 9.35 Å². The van der Waals surface area contributed by atoms with Gasteiger partial charge in [0.1, 0.15) is 0 Å². The normalized spacial score (nSPS) is 11.7. The molecular weight excluding hydrogens is 302 g/mol. The summed E-state index contributed by atoms with van der Waals surface area (Å²) in [4.78, 5) is 15.4. The number of nitrogens with one attached hydrogen (secondary N) is 1. The first-order valence-corrected chi connectivity index (χ1v) is 8.01. The molecule has 0 aliphatic carbocycles. The Labute approximate surface area is 127 Å². The van der Waals surface area contributed by atoms with Crippen LogP contribution in [0.3, 0.4) is 0 Å². The number of hydrogen-bond acceptors (Lipinski definition) is 3. The zero-order valence-electron chi connectivity index (χ0n) is 11.7. The summed E-state index contributed by atoms with van der Waals surface area (Å²) in [5.74, 6) is 0. The predicted molar refractivity (Wildman–Crippen MR) is 84.6 cm³/mol. The summed E-state index contributed by atoms with van der Waals surface area (Å²) in [6.07, 6.45) is 0. The Hall–Kier alpha value is -2.44. The molecule has 6 heteroatoms. The van der Waals surface area contributed by atoms with Crippen molar-refractivity contribution in [3.63, 3.8) is 0 Å². The molecule has 112 valence electrons. The van der Waals surface area contributed by atoms with Gasteiger partial charge in [0.2, 0.25) is 0 Å². The van der Waals surface area contributed by atoms with Crippen LogP contribution in [0.4, 0.5) is 0 Å². The first-order valence-electron chi connectivity index (χ1n) is 6.57. The lowest BCUT2D eigenvalue weighted by Crippen LogP contribution is -2.10. The van der Waals surface area contributed by atoms with E-state index in [1.165, 1.54) is 18.2 Å². The second-order valence-corrected chi connectivity index (χ2v) is 6.42. The van der Waals surface area contributed by atoms with Crippen molar-refractivity contribution in [2.24, 2.45) is 0 Å². The van der Waals surface area contributed by atoms with Crippen molar-refractivity contribution in [2.75, 3.05) is 0 Å². The fraction of sp³-hybridized carbons (Fsp3) is 0.0625. The Balaban J connectivity index is 2.34. The molecule has 0 unspecified atom stereocenters. The average Bonchev–Trinajstić information content (AvgIpc) is 2.50. The van der Waals surface area contributed by atoms with Crippen LogP contribution in [0.1, 0.15) is 5.56 Å². The van der Waals surface area contributed by atoms with Crippen molar-refractivity contribution < 1.29 is 13.0 Å². The Morgan fingerprint density at radius 2 is 1.73 bits per heavy atom. The molecule has 0 amide bonds. The summed E-state index contributed by atoms with van der Waals surface area (Å²) in [7, 11) is -4.34. The maximum Gasteiger partial charge on any atom is 0.294 e. The lowest BCUT2D eigenvalue weighted by atomic mass is 10.0. The van der Waals surface area contributed by atoms with E-state index in [1.54, 1.807) is 6.92 Å². The molecular formula is C16H13NO4S. The lowest BCUT2D eigenvalue weighted by molar-refractivity contribution is 0.483. The topological polar surface area (TPSA) is 87.2 Å². The molecule has 3 aromatic rings. The van der Waals surface area contributed by atoms with E-state index in [2.05, 4.69) is 4.98 Å². The van der Waals surface area contributed by atoms with E-state index >= 15 is 0 Å². The summed E-state index contributed by atoms with van der Waals surface area (Å²) in [6, 6.07) is 13.3. The average molecular weight is 315 g/mol. The van der Waals surface area contributed by atoms with E-state index in [0.29, 0.717) is 16.8 Å². The van der Waals surface area contributed by atoms with Crippen molar-refractivity contribution in [3.05, 3.63) is 64.3 Å². The van der Waals surface area contributed by atoms with Gasteiger partial charge in [0.05, 0.1) is 10.6 Å². The summed E-state index contributed by atoms with van der Waals surface area (Å²) in [6.45, 7) is 1.68. The predicted octanol–water partition coefficient (Wildman–Crippen LogP) is 2.75. The van der Waals surface area contributed by atoms with Crippen molar-refractivity contribution in [1.29, 1.82) is 0 Å². The third kappa shape index (κ3) is 2.43. The zero-order chi connectivity index (χ0) is 15.9. The van der Waals surface area contributed by atoms with Crippen molar-refractivity contribution in [2.45, 2.75) is 11.8 Å². The number of fused-ring (bicyclic) bond motifs is 1. The molecule has 0 aliphatic rings. The molecule has 0 atom stereocenters. The Kier molecular flexibility index (Phi) is 3.35.